The maximum atomic E-state index is 13.1. The summed E-state index contributed by atoms with van der Waals surface area (Å²) in [5.41, 5.74) is 10.3. The highest BCUT2D eigenvalue weighted by Crippen LogP contribution is 2.30. The van der Waals surface area contributed by atoms with Crippen molar-refractivity contribution in [3.63, 3.8) is 0 Å². The second-order valence-corrected chi connectivity index (χ2v) is 6.77. The molecule has 0 bridgehead atoms. The maximum absolute atomic E-state index is 13.1. The molecule has 1 aliphatic rings. The van der Waals surface area contributed by atoms with Crippen LogP contribution in [0.5, 0.6) is 0 Å². The predicted octanol–water partition coefficient (Wildman–Crippen LogP) is 3.55. The van der Waals surface area contributed by atoms with Gasteiger partial charge in [-0.1, -0.05) is 0 Å². The number of anilines is 1. The summed E-state index contributed by atoms with van der Waals surface area (Å²) in [5, 5.41) is 4.44. The highest BCUT2D eigenvalue weighted by molar-refractivity contribution is 6.07. The lowest BCUT2D eigenvalue weighted by Crippen LogP contribution is -2.41. The Morgan fingerprint density at radius 3 is 2.57 bits per heavy atom. The number of furan rings is 2. The summed E-state index contributed by atoms with van der Waals surface area (Å²) < 4.78 is 23.8. The number of amides is 2. The monoisotopic (exact) mass is 410 g/mol. The van der Waals surface area contributed by atoms with Gasteiger partial charge in [-0.05, 0) is 56.2 Å². The number of carbonyl (C=O) groups excluding carboxylic acids is 2. The molecule has 0 unspecified atom stereocenters. The molecule has 4 rings (SSSR count). The fraction of sp³-hybridized carbons (Fsp3) is 0.190. The molecule has 1 aromatic carbocycles. The Morgan fingerprint density at radius 1 is 1.07 bits per heavy atom. The van der Waals surface area contributed by atoms with Crippen LogP contribution in [0.25, 0.3) is 0 Å². The minimum absolute atomic E-state index is 0.0760. The summed E-state index contributed by atoms with van der Waals surface area (Å²) in [5.74, 6) is -0.626. The maximum Gasteiger partial charge on any atom is 0.305 e. The summed E-state index contributed by atoms with van der Waals surface area (Å²) in [4.78, 5) is 24.4. The fourth-order valence-corrected chi connectivity index (χ4v) is 3.29. The van der Waals surface area contributed by atoms with Gasteiger partial charge in [-0.25, -0.2) is 4.39 Å². The van der Waals surface area contributed by atoms with E-state index in [0.717, 1.165) is 17.7 Å². The Morgan fingerprint density at radius 2 is 1.83 bits per heavy atom. The van der Waals surface area contributed by atoms with E-state index in [9.17, 15) is 14.0 Å². The molecule has 0 aliphatic heterocycles. The summed E-state index contributed by atoms with van der Waals surface area (Å²) >= 11 is 0. The lowest BCUT2D eigenvalue weighted by molar-refractivity contribution is 0.0815. The molecule has 2 aromatic heterocycles. The molecule has 8 nitrogen and oxygen atoms in total. The Labute approximate surface area is 171 Å². The number of nitrogens with zero attached hydrogens (tertiary/aromatic N) is 1. The average Bonchev–Trinajstić information content (AvgIpc) is 3.40. The van der Waals surface area contributed by atoms with Gasteiger partial charge in [0.15, 0.2) is 11.5 Å². The molecule has 0 fully saturated rings. The minimum Gasteiger partial charge on any atom is -0.459 e. The molecule has 30 heavy (non-hydrogen) atoms. The van der Waals surface area contributed by atoms with Crippen LogP contribution in [0.1, 0.15) is 50.8 Å². The number of hydrogen-bond acceptors (Lipinski definition) is 6. The zero-order chi connectivity index (χ0) is 21.1. The van der Waals surface area contributed by atoms with Gasteiger partial charge in [0.2, 0.25) is 0 Å². The first-order chi connectivity index (χ1) is 14.5. The molecule has 0 saturated heterocycles. The van der Waals surface area contributed by atoms with Crippen molar-refractivity contribution in [1.29, 1.82) is 0 Å². The lowest BCUT2D eigenvalue weighted by atomic mass is 9.93. The van der Waals surface area contributed by atoms with Gasteiger partial charge >= 0.3 is 11.8 Å². The molecule has 0 spiro atoms. The zero-order valence-corrected chi connectivity index (χ0v) is 16.1. The molecule has 0 atom stereocenters. The van der Waals surface area contributed by atoms with Crippen molar-refractivity contribution in [3.05, 3.63) is 76.9 Å². The summed E-state index contributed by atoms with van der Waals surface area (Å²) in [6.07, 6.45) is 3.57. The van der Waals surface area contributed by atoms with E-state index in [1.54, 1.807) is 25.1 Å². The number of hydrazone groups is 1. The van der Waals surface area contributed by atoms with Gasteiger partial charge in [0.05, 0.1) is 17.7 Å². The van der Waals surface area contributed by atoms with Crippen LogP contribution in [0.3, 0.4) is 0 Å². The molecule has 0 saturated carbocycles. The van der Waals surface area contributed by atoms with Gasteiger partial charge in [0, 0.05) is 17.5 Å². The van der Waals surface area contributed by atoms with Crippen molar-refractivity contribution in [2.45, 2.75) is 26.2 Å². The number of aryl methyl sites for hydroxylation is 1. The van der Waals surface area contributed by atoms with Crippen LogP contribution in [0.2, 0.25) is 0 Å². The Bertz CT molecular complexity index is 1100. The minimum atomic E-state index is -0.576. The molecule has 2 amide bonds. The van der Waals surface area contributed by atoms with E-state index in [-0.39, 0.29) is 17.3 Å². The second-order valence-electron chi connectivity index (χ2n) is 6.77. The number of hydrogen-bond donors (Lipinski definition) is 3. The Kier molecular flexibility index (Phi) is 5.34. The third-order valence-electron chi connectivity index (χ3n) is 4.73. The van der Waals surface area contributed by atoms with Gasteiger partial charge in [-0.2, -0.15) is 5.10 Å². The largest absolute Gasteiger partial charge is 0.459 e. The topological polar surface area (TPSA) is 109 Å². The van der Waals surface area contributed by atoms with E-state index in [1.807, 2.05) is 0 Å². The first-order valence-electron chi connectivity index (χ1n) is 9.38. The quantitative estimate of drug-likeness (QED) is 0.570. The molecular formula is C21H19FN4O4. The van der Waals surface area contributed by atoms with Crippen molar-refractivity contribution in [2.24, 2.45) is 5.10 Å². The molecule has 3 aromatic rings. The first-order valence-corrected chi connectivity index (χ1v) is 9.38. The number of halogens is 1. The number of rotatable bonds is 4. The molecule has 3 N–H and O–H groups in total. The van der Waals surface area contributed by atoms with Crippen LogP contribution >= 0.6 is 0 Å². The van der Waals surface area contributed by atoms with Crippen molar-refractivity contribution in [2.75, 3.05) is 5.43 Å². The molecule has 2 heterocycles. The average molecular weight is 410 g/mol. The molecular weight excluding hydrogens is 391 g/mol. The smallest absolute Gasteiger partial charge is 0.305 e. The number of carbonyl (C=O) groups is 2. The van der Waals surface area contributed by atoms with E-state index < -0.39 is 11.8 Å². The summed E-state index contributed by atoms with van der Waals surface area (Å²) in [6.45, 7) is 1.77. The van der Waals surface area contributed by atoms with Crippen LogP contribution in [0, 0.1) is 12.7 Å². The Balaban J connectivity index is 1.50. The molecule has 1 aliphatic carbocycles. The Hall–Kier alpha value is -3.88. The van der Waals surface area contributed by atoms with Gasteiger partial charge in [0.1, 0.15) is 11.6 Å². The van der Waals surface area contributed by atoms with Crippen molar-refractivity contribution >= 4 is 23.2 Å². The van der Waals surface area contributed by atoms with E-state index in [2.05, 4.69) is 21.4 Å². The highest BCUT2D eigenvalue weighted by atomic mass is 19.1. The SMILES string of the molecule is Cc1c(C(=O)NNC(=O)c2ccco2)oc2c1/C(=N/Nc1ccc(F)cc1)CCC2. The van der Waals surface area contributed by atoms with E-state index in [0.29, 0.717) is 29.9 Å². The van der Waals surface area contributed by atoms with Crippen molar-refractivity contribution in [3.8, 4) is 0 Å². The third kappa shape index (κ3) is 3.95. The van der Waals surface area contributed by atoms with E-state index >= 15 is 0 Å². The van der Waals surface area contributed by atoms with Crippen LogP contribution in [0.15, 0.2) is 56.6 Å². The van der Waals surface area contributed by atoms with Gasteiger partial charge in [-0.3, -0.25) is 25.9 Å². The van der Waals surface area contributed by atoms with E-state index in [1.165, 1.54) is 24.5 Å². The van der Waals surface area contributed by atoms with Gasteiger partial charge in [-0.15, -0.1) is 0 Å². The van der Waals surface area contributed by atoms with Crippen LogP contribution in [-0.4, -0.2) is 17.5 Å². The zero-order valence-electron chi connectivity index (χ0n) is 16.1. The first kappa shape index (κ1) is 19.4. The highest BCUT2D eigenvalue weighted by Gasteiger charge is 2.28. The van der Waals surface area contributed by atoms with Gasteiger partial charge < -0.3 is 8.83 Å². The molecule has 0 radical (unpaired) electrons. The summed E-state index contributed by atoms with van der Waals surface area (Å²) in [6, 6.07) is 8.92. The van der Waals surface area contributed by atoms with Crippen LogP contribution in [0.4, 0.5) is 10.1 Å². The number of nitrogens with one attached hydrogen (secondary N) is 3. The summed E-state index contributed by atoms with van der Waals surface area (Å²) in [7, 11) is 0. The number of hydrazine groups is 1. The predicted molar refractivity (Wildman–Crippen MR) is 107 cm³/mol. The number of benzene rings is 1. The fourth-order valence-electron chi connectivity index (χ4n) is 3.29. The lowest BCUT2D eigenvalue weighted by Gasteiger charge is -2.13. The normalized spacial score (nSPS) is 14.3. The van der Waals surface area contributed by atoms with E-state index in [4.69, 9.17) is 8.83 Å². The second kappa shape index (κ2) is 8.24. The third-order valence-corrected chi connectivity index (χ3v) is 4.73. The van der Waals surface area contributed by atoms with Gasteiger partial charge in [0.25, 0.3) is 0 Å². The van der Waals surface area contributed by atoms with Crippen LogP contribution in [-0.2, 0) is 6.42 Å². The van der Waals surface area contributed by atoms with Crippen LogP contribution < -0.4 is 16.3 Å². The van der Waals surface area contributed by atoms with Crippen molar-refractivity contribution < 1.29 is 22.8 Å². The number of fused-ring (bicyclic) bond motifs is 1. The van der Waals surface area contributed by atoms with Crippen molar-refractivity contribution in [1.82, 2.24) is 10.9 Å². The standard InChI is InChI=1S/C21H19FN4O4/c1-12-18-15(24-23-14-9-7-13(22)8-10-14)4-2-5-16(18)30-19(12)21(28)26-25-20(27)17-6-3-11-29-17/h3,6-11,23H,2,4-5H2,1H3,(H,25,27)(H,26,28)/b24-15+. The molecule has 154 valence electrons. The molecule has 9 heteroatoms.